The predicted octanol–water partition coefficient (Wildman–Crippen LogP) is 3.55. The van der Waals surface area contributed by atoms with Gasteiger partial charge in [-0.3, -0.25) is 9.59 Å². The standard InChI is InChI=1S/C24H23N5O2/c1-29-20-5-3-2-4-19(20)22-17(12-21(29)30)14-26-24(28-22)27-18-10-8-16(9-11-18)23(31)25-13-15-6-7-15/h2-5,8-11,14-15H,6-7,12-13H2,1H3,(H,25,31)(H,26,27,28). The predicted molar refractivity (Wildman–Crippen MR) is 119 cm³/mol. The number of amides is 2. The van der Waals surface area contributed by atoms with E-state index in [1.807, 2.05) is 36.4 Å². The Hall–Kier alpha value is -3.74. The molecule has 2 amide bonds. The van der Waals surface area contributed by atoms with E-state index in [-0.39, 0.29) is 18.2 Å². The molecule has 1 saturated carbocycles. The third kappa shape index (κ3) is 3.99. The van der Waals surface area contributed by atoms with Gasteiger partial charge in [0.15, 0.2) is 0 Å². The van der Waals surface area contributed by atoms with Crippen molar-refractivity contribution in [3.8, 4) is 11.3 Å². The second-order valence-corrected chi connectivity index (χ2v) is 8.07. The molecular formula is C24H23N5O2. The Kier molecular flexibility index (Phi) is 4.86. The highest BCUT2D eigenvalue weighted by atomic mass is 16.2. The zero-order valence-electron chi connectivity index (χ0n) is 17.3. The van der Waals surface area contributed by atoms with Crippen molar-refractivity contribution in [3.05, 3.63) is 65.9 Å². The number of para-hydroxylation sites is 1. The Bertz CT molecular complexity index is 1150. The molecule has 0 saturated heterocycles. The van der Waals surface area contributed by atoms with E-state index in [1.54, 1.807) is 30.3 Å². The molecular weight excluding hydrogens is 390 g/mol. The number of nitrogens with one attached hydrogen (secondary N) is 2. The average molecular weight is 413 g/mol. The van der Waals surface area contributed by atoms with Gasteiger partial charge in [-0.2, -0.15) is 0 Å². The summed E-state index contributed by atoms with van der Waals surface area (Å²) >= 11 is 0. The molecule has 0 unspecified atom stereocenters. The quantitative estimate of drug-likeness (QED) is 0.668. The van der Waals surface area contributed by atoms with E-state index < -0.39 is 0 Å². The van der Waals surface area contributed by atoms with Gasteiger partial charge < -0.3 is 15.5 Å². The number of aromatic nitrogens is 2. The summed E-state index contributed by atoms with van der Waals surface area (Å²) in [6, 6.07) is 15.0. The third-order valence-corrected chi connectivity index (χ3v) is 5.75. The fourth-order valence-electron chi connectivity index (χ4n) is 3.71. The summed E-state index contributed by atoms with van der Waals surface area (Å²) < 4.78 is 0. The van der Waals surface area contributed by atoms with Crippen molar-refractivity contribution in [1.29, 1.82) is 0 Å². The fraction of sp³-hybridized carbons (Fsp3) is 0.250. The van der Waals surface area contributed by atoms with Crippen LogP contribution in [0, 0.1) is 5.92 Å². The van der Waals surface area contributed by atoms with Crippen LogP contribution in [0.3, 0.4) is 0 Å². The maximum atomic E-state index is 12.5. The van der Waals surface area contributed by atoms with Crippen LogP contribution >= 0.6 is 0 Å². The van der Waals surface area contributed by atoms with Crippen LogP contribution in [0.1, 0.15) is 28.8 Å². The van der Waals surface area contributed by atoms with Crippen LogP contribution in [0.15, 0.2) is 54.7 Å². The number of fused-ring (bicyclic) bond motifs is 3. The summed E-state index contributed by atoms with van der Waals surface area (Å²) in [4.78, 5) is 35.5. The van der Waals surface area contributed by atoms with E-state index in [4.69, 9.17) is 4.98 Å². The Balaban J connectivity index is 1.37. The molecule has 1 aliphatic heterocycles. The molecule has 2 N–H and O–H groups in total. The van der Waals surface area contributed by atoms with Crippen LogP contribution in [0.2, 0.25) is 0 Å². The lowest BCUT2D eigenvalue weighted by atomic mass is 10.1. The molecule has 2 aliphatic rings. The van der Waals surface area contributed by atoms with Crippen molar-refractivity contribution in [2.75, 3.05) is 23.8 Å². The van der Waals surface area contributed by atoms with Crippen LogP contribution in [0.25, 0.3) is 11.3 Å². The lowest BCUT2D eigenvalue weighted by molar-refractivity contribution is -0.117. The molecule has 0 bridgehead atoms. The minimum atomic E-state index is -0.0508. The topological polar surface area (TPSA) is 87.2 Å². The Morgan fingerprint density at radius 1 is 1.13 bits per heavy atom. The molecule has 1 fully saturated rings. The van der Waals surface area contributed by atoms with E-state index in [2.05, 4.69) is 15.6 Å². The van der Waals surface area contributed by atoms with Crippen LogP contribution in [0.4, 0.5) is 17.3 Å². The summed E-state index contributed by atoms with van der Waals surface area (Å²) in [6.07, 6.45) is 4.38. The number of anilines is 3. The number of likely N-dealkylation sites (N-methyl/N-ethyl adjacent to an activating group) is 1. The van der Waals surface area contributed by atoms with Gasteiger partial charge in [-0.1, -0.05) is 18.2 Å². The smallest absolute Gasteiger partial charge is 0.251 e. The lowest BCUT2D eigenvalue weighted by Gasteiger charge is -2.16. The molecule has 31 heavy (non-hydrogen) atoms. The second-order valence-electron chi connectivity index (χ2n) is 8.07. The van der Waals surface area contributed by atoms with Crippen LogP contribution in [0.5, 0.6) is 0 Å². The molecule has 0 atom stereocenters. The first-order valence-corrected chi connectivity index (χ1v) is 10.5. The maximum Gasteiger partial charge on any atom is 0.251 e. The van der Waals surface area contributed by atoms with Crippen LogP contribution in [-0.4, -0.2) is 35.4 Å². The first kappa shape index (κ1) is 19.2. The van der Waals surface area contributed by atoms with Gasteiger partial charge in [-0.15, -0.1) is 0 Å². The zero-order valence-corrected chi connectivity index (χ0v) is 17.3. The number of benzene rings is 2. The Labute approximate surface area is 180 Å². The number of carbonyl (C=O) groups excluding carboxylic acids is 2. The summed E-state index contributed by atoms with van der Waals surface area (Å²) in [7, 11) is 1.78. The van der Waals surface area contributed by atoms with Gasteiger partial charge in [-0.25, -0.2) is 9.97 Å². The maximum absolute atomic E-state index is 12.5. The number of carbonyl (C=O) groups is 2. The van der Waals surface area contributed by atoms with E-state index >= 15 is 0 Å². The van der Waals surface area contributed by atoms with Crippen LogP contribution in [-0.2, 0) is 11.2 Å². The molecule has 5 rings (SSSR count). The van der Waals surface area contributed by atoms with Gasteiger partial charge in [0.05, 0.1) is 17.8 Å². The average Bonchev–Trinajstić information content (AvgIpc) is 3.63. The molecule has 3 aromatic rings. The minimum Gasteiger partial charge on any atom is -0.352 e. The van der Waals surface area contributed by atoms with E-state index in [9.17, 15) is 9.59 Å². The summed E-state index contributed by atoms with van der Waals surface area (Å²) in [5.74, 6) is 1.04. The summed E-state index contributed by atoms with van der Waals surface area (Å²) in [5.41, 5.74) is 4.70. The van der Waals surface area contributed by atoms with Crippen molar-refractivity contribution in [1.82, 2.24) is 15.3 Å². The number of nitrogens with zero attached hydrogens (tertiary/aromatic N) is 3. The molecule has 1 aromatic heterocycles. The monoisotopic (exact) mass is 413 g/mol. The Morgan fingerprint density at radius 2 is 1.90 bits per heavy atom. The molecule has 0 spiro atoms. The molecule has 2 heterocycles. The molecule has 7 nitrogen and oxygen atoms in total. The fourth-order valence-corrected chi connectivity index (χ4v) is 3.71. The summed E-state index contributed by atoms with van der Waals surface area (Å²) in [5, 5.41) is 6.17. The van der Waals surface area contributed by atoms with E-state index in [1.165, 1.54) is 12.8 Å². The number of hydrogen-bond donors (Lipinski definition) is 2. The molecule has 2 aromatic carbocycles. The molecule has 156 valence electrons. The van der Waals surface area contributed by atoms with Crippen LogP contribution < -0.4 is 15.5 Å². The van der Waals surface area contributed by atoms with Gasteiger partial charge in [0.2, 0.25) is 11.9 Å². The van der Waals surface area contributed by atoms with Gasteiger partial charge in [0, 0.05) is 42.2 Å². The van der Waals surface area contributed by atoms with Crippen molar-refractivity contribution < 1.29 is 9.59 Å². The van der Waals surface area contributed by atoms with Gasteiger partial charge in [-0.05, 0) is 49.1 Å². The number of rotatable bonds is 5. The van der Waals surface area contributed by atoms with Crippen molar-refractivity contribution >= 4 is 29.1 Å². The highest BCUT2D eigenvalue weighted by molar-refractivity contribution is 6.01. The highest BCUT2D eigenvalue weighted by Gasteiger charge is 2.25. The largest absolute Gasteiger partial charge is 0.352 e. The van der Waals surface area contributed by atoms with Gasteiger partial charge in [0.1, 0.15) is 0 Å². The Morgan fingerprint density at radius 3 is 2.68 bits per heavy atom. The lowest BCUT2D eigenvalue weighted by Crippen LogP contribution is -2.26. The second kappa shape index (κ2) is 7.83. The van der Waals surface area contributed by atoms with Gasteiger partial charge >= 0.3 is 0 Å². The third-order valence-electron chi connectivity index (χ3n) is 5.75. The molecule has 0 radical (unpaired) electrons. The minimum absolute atomic E-state index is 0.00561. The van der Waals surface area contributed by atoms with E-state index in [0.717, 1.165) is 34.7 Å². The first-order chi connectivity index (χ1) is 15.1. The van der Waals surface area contributed by atoms with Gasteiger partial charge in [0.25, 0.3) is 5.91 Å². The van der Waals surface area contributed by atoms with E-state index in [0.29, 0.717) is 17.4 Å². The first-order valence-electron chi connectivity index (χ1n) is 10.5. The number of hydrogen-bond acceptors (Lipinski definition) is 5. The van der Waals surface area contributed by atoms with Crippen molar-refractivity contribution in [2.45, 2.75) is 19.3 Å². The molecule has 7 heteroatoms. The SMILES string of the molecule is CN1C(=O)Cc2cnc(Nc3ccc(C(=O)NCC4CC4)cc3)nc2-c2ccccc21. The molecule has 1 aliphatic carbocycles. The zero-order chi connectivity index (χ0) is 21.4. The van der Waals surface area contributed by atoms with Crippen molar-refractivity contribution in [2.24, 2.45) is 5.92 Å². The summed E-state index contributed by atoms with van der Waals surface area (Å²) in [6.45, 7) is 0.751. The highest BCUT2D eigenvalue weighted by Crippen LogP contribution is 2.35. The normalized spacial score (nSPS) is 15.0. The van der Waals surface area contributed by atoms with Crippen molar-refractivity contribution in [3.63, 3.8) is 0 Å².